The Morgan fingerprint density at radius 1 is 0.356 bits per heavy atom. The van der Waals surface area contributed by atoms with E-state index in [0.29, 0.717) is 19.3 Å². The first-order valence-electron chi connectivity index (χ1n) is 25.1. The third-order valence-corrected chi connectivity index (χ3v) is 10.8. The van der Waals surface area contributed by atoms with E-state index in [0.717, 1.165) is 89.9 Å². The van der Waals surface area contributed by atoms with E-state index >= 15 is 0 Å². The zero-order chi connectivity index (χ0) is 43.0. The van der Waals surface area contributed by atoms with E-state index in [1.165, 1.54) is 122 Å². The average molecular weight is 827 g/mol. The zero-order valence-corrected chi connectivity index (χ0v) is 39.0. The van der Waals surface area contributed by atoms with Crippen molar-refractivity contribution in [2.75, 3.05) is 13.2 Å². The molecule has 0 spiro atoms. The van der Waals surface area contributed by atoms with Crippen LogP contribution in [0.15, 0.2) is 48.6 Å². The summed E-state index contributed by atoms with van der Waals surface area (Å²) in [5.41, 5.74) is 0. The molecule has 0 aromatic rings. The van der Waals surface area contributed by atoms with Gasteiger partial charge in [0.2, 0.25) is 0 Å². The van der Waals surface area contributed by atoms with Gasteiger partial charge in [0.15, 0.2) is 6.10 Å². The molecule has 0 heterocycles. The molecule has 0 N–H and O–H groups in total. The molecule has 0 saturated heterocycles. The van der Waals surface area contributed by atoms with Crippen LogP contribution in [-0.4, -0.2) is 37.2 Å². The predicted octanol–water partition coefficient (Wildman–Crippen LogP) is 16.3. The van der Waals surface area contributed by atoms with Crippen LogP contribution >= 0.6 is 0 Å². The second-order valence-corrected chi connectivity index (χ2v) is 16.7. The number of esters is 3. The van der Waals surface area contributed by atoms with Crippen LogP contribution in [0.2, 0.25) is 0 Å². The van der Waals surface area contributed by atoms with Crippen molar-refractivity contribution in [3.8, 4) is 0 Å². The van der Waals surface area contributed by atoms with Crippen molar-refractivity contribution < 1.29 is 28.6 Å². The molecule has 0 radical (unpaired) electrons. The quantitative estimate of drug-likeness (QED) is 0.0263. The highest BCUT2D eigenvalue weighted by atomic mass is 16.6. The van der Waals surface area contributed by atoms with Gasteiger partial charge in [-0.25, -0.2) is 0 Å². The van der Waals surface area contributed by atoms with E-state index < -0.39 is 6.10 Å². The zero-order valence-electron chi connectivity index (χ0n) is 39.0. The van der Waals surface area contributed by atoms with Crippen LogP contribution in [0.5, 0.6) is 0 Å². The summed E-state index contributed by atoms with van der Waals surface area (Å²) in [5.74, 6) is -0.885. The van der Waals surface area contributed by atoms with Gasteiger partial charge in [0, 0.05) is 19.3 Å². The highest BCUT2D eigenvalue weighted by Crippen LogP contribution is 2.15. The van der Waals surface area contributed by atoms with Crippen molar-refractivity contribution in [3.05, 3.63) is 48.6 Å². The van der Waals surface area contributed by atoms with Gasteiger partial charge in [0.25, 0.3) is 0 Å². The Bertz CT molecular complexity index is 1040. The van der Waals surface area contributed by atoms with Crippen LogP contribution in [0, 0.1) is 0 Å². The Morgan fingerprint density at radius 3 is 1.03 bits per heavy atom. The number of rotatable bonds is 45. The van der Waals surface area contributed by atoms with Gasteiger partial charge in [0.1, 0.15) is 13.2 Å². The monoisotopic (exact) mass is 827 g/mol. The van der Waals surface area contributed by atoms with Crippen molar-refractivity contribution >= 4 is 17.9 Å². The number of unbranched alkanes of at least 4 members (excludes halogenated alkanes) is 26. The molecule has 0 aliphatic carbocycles. The molecule has 1 unspecified atom stereocenters. The van der Waals surface area contributed by atoms with Gasteiger partial charge < -0.3 is 14.2 Å². The smallest absolute Gasteiger partial charge is 0.306 e. The molecule has 0 aromatic heterocycles. The maximum Gasteiger partial charge on any atom is 0.306 e. The molecule has 0 aromatic carbocycles. The summed E-state index contributed by atoms with van der Waals surface area (Å²) in [4.78, 5) is 37.8. The van der Waals surface area contributed by atoms with E-state index in [-0.39, 0.29) is 31.1 Å². The molecule has 0 saturated carbocycles. The van der Waals surface area contributed by atoms with E-state index in [9.17, 15) is 14.4 Å². The number of carbonyl (C=O) groups excluding carboxylic acids is 3. The van der Waals surface area contributed by atoms with Crippen molar-refractivity contribution in [1.82, 2.24) is 0 Å². The fraction of sp³-hybridized carbons (Fsp3) is 0.792. The van der Waals surface area contributed by atoms with Crippen LogP contribution in [0.4, 0.5) is 0 Å². The lowest BCUT2D eigenvalue weighted by Gasteiger charge is -2.18. The lowest BCUT2D eigenvalue weighted by Crippen LogP contribution is -2.30. The SMILES string of the molecule is CC/C=C\C/C=C\C/C=C\C/C=C\CCCCCCCCC(=O)OCC(COC(=O)CCCCCCCCCCC)OC(=O)CCCCCCCCCCCCCCC. The first-order chi connectivity index (χ1) is 29.0. The number of hydrogen-bond donors (Lipinski definition) is 0. The summed E-state index contributed by atoms with van der Waals surface area (Å²) < 4.78 is 16.7. The Morgan fingerprint density at radius 2 is 0.661 bits per heavy atom. The lowest BCUT2D eigenvalue weighted by molar-refractivity contribution is -0.167. The molecule has 0 aliphatic heterocycles. The molecule has 0 aliphatic rings. The molecule has 6 heteroatoms. The normalized spacial score (nSPS) is 12.4. The van der Waals surface area contributed by atoms with Crippen LogP contribution < -0.4 is 0 Å². The van der Waals surface area contributed by atoms with Crippen LogP contribution in [-0.2, 0) is 28.6 Å². The Kier molecular flexibility index (Phi) is 45.9. The second kappa shape index (κ2) is 48.0. The molecule has 6 nitrogen and oxygen atoms in total. The van der Waals surface area contributed by atoms with E-state index in [4.69, 9.17) is 14.2 Å². The number of ether oxygens (including phenoxy) is 3. The van der Waals surface area contributed by atoms with Crippen molar-refractivity contribution in [2.24, 2.45) is 0 Å². The topological polar surface area (TPSA) is 78.9 Å². The third kappa shape index (κ3) is 46.3. The summed E-state index contributed by atoms with van der Waals surface area (Å²) in [6, 6.07) is 0. The fourth-order valence-corrected chi connectivity index (χ4v) is 7.08. The van der Waals surface area contributed by atoms with Gasteiger partial charge in [-0.05, 0) is 57.8 Å². The summed E-state index contributed by atoms with van der Waals surface area (Å²) in [6.07, 6.45) is 56.6. The van der Waals surface area contributed by atoms with Gasteiger partial charge in [0.05, 0.1) is 0 Å². The summed E-state index contributed by atoms with van der Waals surface area (Å²) >= 11 is 0. The van der Waals surface area contributed by atoms with Gasteiger partial charge in [-0.15, -0.1) is 0 Å². The van der Waals surface area contributed by atoms with Gasteiger partial charge >= 0.3 is 17.9 Å². The minimum absolute atomic E-state index is 0.0746. The largest absolute Gasteiger partial charge is 0.462 e. The number of hydrogen-bond acceptors (Lipinski definition) is 6. The Labute approximate surface area is 365 Å². The average Bonchev–Trinajstić information content (AvgIpc) is 3.23. The molecular weight excluding hydrogens is 733 g/mol. The molecule has 0 fully saturated rings. The lowest BCUT2D eigenvalue weighted by atomic mass is 10.0. The molecule has 0 rings (SSSR count). The van der Waals surface area contributed by atoms with Gasteiger partial charge in [-0.1, -0.05) is 223 Å². The Hall–Kier alpha value is -2.63. The van der Waals surface area contributed by atoms with Crippen LogP contribution in [0.3, 0.4) is 0 Å². The van der Waals surface area contributed by atoms with Crippen molar-refractivity contribution in [1.29, 1.82) is 0 Å². The van der Waals surface area contributed by atoms with Crippen LogP contribution in [0.25, 0.3) is 0 Å². The summed E-state index contributed by atoms with van der Waals surface area (Å²) in [6.45, 7) is 6.50. The minimum atomic E-state index is -0.773. The predicted molar refractivity (Wildman–Crippen MR) is 252 cm³/mol. The highest BCUT2D eigenvalue weighted by Gasteiger charge is 2.19. The molecule has 0 amide bonds. The Balaban J connectivity index is 4.32. The molecule has 1 atom stereocenters. The first kappa shape index (κ1) is 56.4. The minimum Gasteiger partial charge on any atom is -0.462 e. The number of carbonyl (C=O) groups is 3. The van der Waals surface area contributed by atoms with Crippen molar-refractivity contribution in [3.63, 3.8) is 0 Å². The van der Waals surface area contributed by atoms with E-state index in [1.807, 2.05) is 0 Å². The first-order valence-corrected chi connectivity index (χ1v) is 25.1. The summed E-state index contributed by atoms with van der Waals surface area (Å²) in [7, 11) is 0. The van der Waals surface area contributed by atoms with Crippen LogP contribution in [0.1, 0.15) is 252 Å². The third-order valence-electron chi connectivity index (χ3n) is 10.8. The standard InChI is InChI=1S/C53H94O6/c1-4-7-10-13-16-19-21-23-24-25-26-27-28-30-31-34-37-40-43-46-52(55)58-49-50(48-57-51(54)45-42-39-36-33-18-15-12-9-6-3)59-53(56)47-44-41-38-35-32-29-22-20-17-14-11-8-5-2/h7,10,16,19,23-24,26-27,50H,4-6,8-9,11-15,17-18,20-22,25,28-49H2,1-3H3/b10-7-,19-16-,24-23-,27-26-. The molecular formula is C53H94O6. The maximum atomic E-state index is 12.7. The number of allylic oxidation sites excluding steroid dienone is 8. The highest BCUT2D eigenvalue weighted by molar-refractivity contribution is 5.71. The molecule has 0 bridgehead atoms. The van der Waals surface area contributed by atoms with Gasteiger partial charge in [-0.2, -0.15) is 0 Å². The van der Waals surface area contributed by atoms with E-state index in [2.05, 4.69) is 69.4 Å². The van der Waals surface area contributed by atoms with Crippen molar-refractivity contribution in [2.45, 2.75) is 258 Å². The summed E-state index contributed by atoms with van der Waals surface area (Å²) in [5, 5.41) is 0. The van der Waals surface area contributed by atoms with E-state index in [1.54, 1.807) is 0 Å². The maximum absolute atomic E-state index is 12.7. The molecule has 342 valence electrons. The second-order valence-electron chi connectivity index (χ2n) is 16.7. The van der Waals surface area contributed by atoms with Gasteiger partial charge in [-0.3, -0.25) is 14.4 Å². The molecule has 59 heavy (non-hydrogen) atoms. The fourth-order valence-electron chi connectivity index (χ4n) is 7.08.